The number of rotatable bonds is 8. The molecule has 5 heteroatoms. The highest BCUT2D eigenvalue weighted by molar-refractivity contribution is 5.75. The second-order valence-corrected chi connectivity index (χ2v) is 5.62. The van der Waals surface area contributed by atoms with E-state index in [0.29, 0.717) is 12.6 Å². The van der Waals surface area contributed by atoms with Gasteiger partial charge in [-0.3, -0.25) is 9.69 Å². The fourth-order valence-corrected chi connectivity index (χ4v) is 2.61. The number of carbonyl (C=O) groups excluding carboxylic acids is 1. The Kier molecular flexibility index (Phi) is 8.11. The van der Waals surface area contributed by atoms with E-state index in [1.165, 1.54) is 0 Å². The summed E-state index contributed by atoms with van der Waals surface area (Å²) in [6.45, 7) is 15.0. The van der Waals surface area contributed by atoms with Gasteiger partial charge < -0.3 is 15.0 Å². The fraction of sp³-hybridized carbons (Fsp3) is 0.933. The molecule has 1 aliphatic heterocycles. The van der Waals surface area contributed by atoms with E-state index in [9.17, 15) is 4.79 Å². The molecule has 1 atom stereocenters. The molecule has 1 N–H and O–H groups in total. The number of likely N-dealkylation sites (N-methyl/N-ethyl adjacent to an activating group) is 1. The van der Waals surface area contributed by atoms with Crippen LogP contribution in [0.3, 0.4) is 0 Å². The minimum Gasteiger partial charge on any atom is -0.465 e. The quantitative estimate of drug-likeness (QED) is 0.673. The summed E-state index contributed by atoms with van der Waals surface area (Å²) in [6, 6.07) is 0.467. The van der Waals surface area contributed by atoms with Gasteiger partial charge in [-0.1, -0.05) is 6.92 Å². The Balaban J connectivity index is 2.31. The van der Waals surface area contributed by atoms with Crippen molar-refractivity contribution in [1.82, 2.24) is 15.1 Å². The summed E-state index contributed by atoms with van der Waals surface area (Å²) >= 11 is 0. The largest absolute Gasteiger partial charge is 0.465 e. The number of hydrogen-bond acceptors (Lipinski definition) is 5. The first-order valence-corrected chi connectivity index (χ1v) is 7.94. The van der Waals surface area contributed by atoms with Crippen LogP contribution in [0, 0.1) is 0 Å². The van der Waals surface area contributed by atoms with Crippen molar-refractivity contribution in [2.24, 2.45) is 0 Å². The third-order valence-electron chi connectivity index (χ3n) is 3.89. The van der Waals surface area contributed by atoms with Crippen LogP contribution in [0.15, 0.2) is 0 Å². The number of esters is 1. The first-order chi connectivity index (χ1) is 9.58. The summed E-state index contributed by atoms with van der Waals surface area (Å²) in [7, 11) is 0. The smallest absolute Gasteiger partial charge is 0.323 e. The zero-order chi connectivity index (χ0) is 15.0. The lowest BCUT2D eigenvalue weighted by molar-refractivity contribution is -0.145. The molecule has 1 fully saturated rings. The summed E-state index contributed by atoms with van der Waals surface area (Å²) in [6.07, 6.45) is 0.828. The zero-order valence-corrected chi connectivity index (χ0v) is 13.5. The molecule has 118 valence electrons. The Morgan fingerprint density at radius 2 is 1.85 bits per heavy atom. The Morgan fingerprint density at radius 1 is 1.20 bits per heavy atom. The predicted molar refractivity (Wildman–Crippen MR) is 81.9 cm³/mol. The molecule has 1 aliphatic rings. The van der Waals surface area contributed by atoms with Crippen LogP contribution in [-0.4, -0.2) is 73.7 Å². The van der Waals surface area contributed by atoms with Crippen molar-refractivity contribution < 1.29 is 9.53 Å². The van der Waals surface area contributed by atoms with Crippen LogP contribution in [-0.2, 0) is 9.53 Å². The number of piperazine rings is 1. The van der Waals surface area contributed by atoms with Crippen molar-refractivity contribution in [2.75, 3.05) is 45.9 Å². The highest BCUT2D eigenvalue weighted by Gasteiger charge is 2.22. The van der Waals surface area contributed by atoms with Gasteiger partial charge in [0.1, 0.15) is 6.04 Å². The van der Waals surface area contributed by atoms with Crippen LogP contribution in [0.5, 0.6) is 0 Å². The topological polar surface area (TPSA) is 44.8 Å². The molecule has 1 rings (SSSR count). The summed E-state index contributed by atoms with van der Waals surface area (Å²) in [5.74, 6) is -0.116. The first kappa shape index (κ1) is 17.4. The minimum atomic E-state index is -0.164. The molecule has 1 saturated heterocycles. The average Bonchev–Trinajstić information content (AvgIpc) is 2.44. The van der Waals surface area contributed by atoms with Crippen molar-refractivity contribution in [3.63, 3.8) is 0 Å². The number of ether oxygens (including phenoxy) is 1. The van der Waals surface area contributed by atoms with Crippen molar-refractivity contribution in [2.45, 2.75) is 46.2 Å². The second-order valence-electron chi connectivity index (χ2n) is 5.62. The SMILES string of the molecule is CCNC(CCN1CCN(C(C)C)CC1)C(=O)OCC. The molecular formula is C15H31N3O2. The normalized spacial score (nSPS) is 19.2. The van der Waals surface area contributed by atoms with Gasteiger partial charge in [0.05, 0.1) is 6.61 Å². The first-order valence-electron chi connectivity index (χ1n) is 7.94. The molecule has 0 amide bonds. The molecule has 0 aromatic carbocycles. The van der Waals surface area contributed by atoms with Gasteiger partial charge in [-0.05, 0) is 33.7 Å². The molecule has 0 radical (unpaired) electrons. The summed E-state index contributed by atoms with van der Waals surface area (Å²) in [5, 5.41) is 3.22. The van der Waals surface area contributed by atoms with E-state index in [-0.39, 0.29) is 12.0 Å². The third kappa shape index (κ3) is 5.77. The highest BCUT2D eigenvalue weighted by atomic mass is 16.5. The average molecular weight is 285 g/mol. The third-order valence-corrected chi connectivity index (χ3v) is 3.89. The molecule has 1 unspecified atom stereocenters. The maximum Gasteiger partial charge on any atom is 0.323 e. The van der Waals surface area contributed by atoms with Crippen LogP contribution in [0.1, 0.15) is 34.1 Å². The lowest BCUT2D eigenvalue weighted by Crippen LogP contribution is -2.50. The van der Waals surface area contributed by atoms with Crippen molar-refractivity contribution in [1.29, 1.82) is 0 Å². The van der Waals surface area contributed by atoms with Crippen LogP contribution >= 0.6 is 0 Å². The molecule has 0 spiro atoms. The standard InChI is InChI=1S/C15H31N3O2/c1-5-16-14(15(19)20-6-2)7-8-17-9-11-18(12-10-17)13(3)4/h13-14,16H,5-12H2,1-4H3. The molecule has 20 heavy (non-hydrogen) atoms. The Hall–Kier alpha value is -0.650. The molecule has 0 bridgehead atoms. The van der Waals surface area contributed by atoms with Gasteiger partial charge in [-0.15, -0.1) is 0 Å². The summed E-state index contributed by atoms with van der Waals surface area (Å²) < 4.78 is 5.12. The molecule has 1 heterocycles. The van der Waals surface area contributed by atoms with E-state index in [0.717, 1.165) is 45.7 Å². The van der Waals surface area contributed by atoms with Gasteiger partial charge in [0.2, 0.25) is 0 Å². The molecular weight excluding hydrogens is 254 g/mol. The number of carbonyl (C=O) groups is 1. The fourth-order valence-electron chi connectivity index (χ4n) is 2.61. The molecule has 0 aromatic rings. The Labute approximate surface area is 123 Å². The monoisotopic (exact) mass is 285 g/mol. The lowest BCUT2D eigenvalue weighted by atomic mass is 10.1. The van der Waals surface area contributed by atoms with Gasteiger partial charge in [-0.25, -0.2) is 0 Å². The van der Waals surface area contributed by atoms with Crippen molar-refractivity contribution in [3.8, 4) is 0 Å². The summed E-state index contributed by atoms with van der Waals surface area (Å²) in [5.41, 5.74) is 0. The van der Waals surface area contributed by atoms with E-state index in [1.807, 2.05) is 13.8 Å². The Morgan fingerprint density at radius 3 is 2.35 bits per heavy atom. The van der Waals surface area contributed by atoms with Gasteiger partial charge in [0.15, 0.2) is 0 Å². The van der Waals surface area contributed by atoms with Gasteiger partial charge in [0.25, 0.3) is 0 Å². The molecule has 5 nitrogen and oxygen atoms in total. The maximum absolute atomic E-state index is 11.8. The van der Waals surface area contributed by atoms with Crippen molar-refractivity contribution in [3.05, 3.63) is 0 Å². The van der Waals surface area contributed by atoms with E-state index in [4.69, 9.17) is 4.74 Å². The highest BCUT2D eigenvalue weighted by Crippen LogP contribution is 2.07. The predicted octanol–water partition coefficient (Wildman–Crippen LogP) is 0.944. The second kappa shape index (κ2) is 9.32. The van der Waals surface area contributed by atoms with Crippen LogP contribution in [0.2, 0.25) is 0 Å². The maximum atomic E-state index is 11.8. The molecule has 0 aliphatic carbocycles. The number of nitrogens with zero attached hydrogens (tertiary/aromatic N) is 2. The van der Waals surface area contributed by atoms with Crippen LogP contribution in [0.4, 0.5) is 0 Å². The van der Waals surface area contributed by atoms with Crippen LogP contribution < -0.4 is 5.32 Å². The molecule has 0 saturated carbocycles. The lowest BCUT2D eigenvalue weighted by Gasteiger charge is -2.37. The molecule has 0 aromatic heterocycles. The van der Waals surface area contributed by atoms with E-state index >= 15 is 0 Å². The van der Waals surface area contributed by atoms with Gasteiger partial charge in [-0.2, -0.15) is 0 Å². The minimum absolute atomic E-state index is 0.116. The number of nitrogens with one attached hydrogen (secondary N) is 1. The number of hydrogen-bond donors (Lipinski definition) is 1. The Bertz CT molecular complexity index is 276. The van der Waals surface area contributed by atoms with E-state index < -0.39 is 0 Å². The van der Waals surface area contributed by atoms with Gasteiger partial charge >= 0.3 is 5.97 Å². The van der Waals surface area contributed by atoms with Crippen LogP contribution in [0.25, 0.3) is 0 Å². The van der Waals surface area contributed by atoms with Crippen molar-refractivity contribution >= 4 is 5.97 Å². The van der Waals surface area contributed by atoms with E-state index in [2.05, 4.69) is 29.0 Å². The summed E-state index contributed by atoms with van der Waals surface area (Å²) in [4.78, 5) is 16.8. The van der Waals surface area contributed by atoms with Gasteiger partial charge in [0, 0.05) is 38.8 Å². The zero-order valence-electron chi connectivity index (χ0n) is 13.5. The van der Waals surface area contributed by atoms with E-state index in [1.54, 1.807) is 0 Å².